The van der Waals surface area contributed by atoms with Crippen LogP contribution in [0.5, 0.6) is 5.75 Å². The first-order valence-electron chi connectivity index (χ1n) is 7.02. The van der Waals surface area contributed by atoms with Crippen molar-refractivity contribution < 1.29 is 18.7 Å². The normalized spacial score (nSPS) is 11.3. The minimum Gasteiger partial charge on any atom is -0.492 e. The summed E-state index contributed by atoms with van der Waals surface area (Å²) in [5, 5.41) is 1.58. The zero-order chi connectivity index (χ0) is 16.7. The summed E-state index contributed by atoms with van der Waals surface area (Å²) in [5.74, 6) is 1.23. The van der Waals surface area contributed by atoms with Crippen LogP contribution in [0.4, 0.5) is 0 Å². The van der Waals surface area contributed by atoms with Crippen LogP contribution in [-0.4, -0.2) is 13.1 Å². The summed E-state index contributed by atoms with van der Waals surface area (Å²) < 4.78 is 16.1. The highest BCUT2D eigenvalue weighted by molar-refractivity contribution is 7.83. The molecule has 120 valence electrons. The van der Waals surface area contributed by atoms with E-state index >= 15 is 0 Å². The molecule has 23 heavy (non-hydrogen) atoms. The summed E-state index contributed by atoms with van der Waals surface area (Å²) >= 11 is 4.03. The smallest absolute Gasteiger partial charge is 0.331 e. The van der Waals surface area contributed by atoms with Crippen LogP contribution < -0.4 is 4.74 Å². The zero-order valence-corrected chi connectivity index (χ0v) is 13.9. The molecule has 1 aromatic heterocycles. The molecule has 0 atom stereocenters. The van der Waals surface area contributed by atoms with Gasteiger partial charge in [0.2, 0.25) is 0 Å². The van der Waals surface area contributed by atoms with Crippen LogP contribution in [0.1, 0.15) is 22.6 Å². The molecular formula is C18H18O4S. The van der Waals surface area contributed by atoms with Crippen molar-refractivity contribution in [2.24, 2.45) is 0 Å². The molecule has 0 fully saturated rings. The van der Waals surface area contributed by atoms with E-state index in [4.69, 9.17) is 13.9 Å². The second kappa shape index (κ2) is 8.29. The Morgan fingerprint density at radius 1 is 1.22 bits per heavy atom. The van der Waals surface area contributed by atoms with Gasteiger partial charge in [0.1, 0.15) is 12.4 Å². The summed E-state index contributed by atoms with van der Waals surface area (Å²) in [6.07, 6.45) is 4.57. The van der Waals surface area contributed by atoms with Crippen molar-refractivity contribution in [2.75, 3.05) is 7.11 Å². The molecular weight excluding hydrogens is 312 g/mol. The van der Waals surface area contributed by atoms with E-state index in [9.17, 15) is 4.79 Å². The maximum atomic E-state index is 11.8. The van der Waals surface area contributed by atoms with Crippen LogP contribution in [0.25, 0.3) is 12.2 Å². The van der Waals surface area contributed by atoms with Crippen LogP contribution >= 0.6 is 12.6 Å². The Morgan fingerprint density at radius 2 is 1.96 bits per heavy atom. The van der Waals surface area contributed by atoms with Gasteiger partial charge in [0.15, 0.2) is 11.5 Å². The summed E-state index contributed by atoms with van der Waals surface area (Å²) in [5.41, 5.74) is 1.77. The third kappa shape index (κ3) is 4.53. The summed E-state index contributed by atoms with van der Waals surface area (Å²) in [7, 11) is 1.55. The molecule has 0 saturated heterocycles. The van der Waals surface area contributed by atoms with Gasteiger partial charge in [0.25, 0.3) is 0 Å². The molecule has 0 radical (unpaired) electrons. The predicted molar refractivity (Wildman–Crippen MR) is 93.3 cm³/mol. The van der Waals surface area contributed by atoms with Crippen LogP contribution in [0.3, 0.4) is 0 Å². The third-order valence-electron chi connectivity index (χ3n) is 3.18. The van der Waals surface area contributed by atoms with Crippen LogP contribution in [0, 0.1) is 6.92 Å². The molecule has 0 aliphatic heterocycles. The molecule has 0 amide bonds. The zero-order valence-electron chi connectivity index (χ0n) is 13.0. The number of ether oxygens (including phenoxy) is 2. The quantitative estimate of drug-likeness (QED) is 0.488. The highest BCUT2D eigenvalue weighted by Gasteiger charge is 2.14. The SMILES string of the molecule is COc1c(/C=C\C(=O)OCc2ccccc2)oc(/C=C\S)c1C. The molecule has 4 nitrogen and oxygen atoms in total. The fourth-order valence-electron chi connectivity index (χ4n) is 2.05. The van der Waals surface area contributed by atoms with Gasteiger partial charge in [-0.1, -0.05) is 30.3 Å². The van der Waals surface area contributed by atoms with E-state index in [-0.39, 0.29) is 6.61 Å². The minimum absolute atomic E-state index is 0.228. The maximum Gasteiger partial charge on any atom is 0.331 e. The summed E-state index contributed by atoms with van der Waals surface area (Å²) in [4.78, 5) is 11.8. The van der Waals surface area contributed by atoms with Gasteiger partial charge in [-0.15, -0.1) is 0 Å². The lowest BCUT2D eigenvalue weighted by Crippen LogP contribution is -2.00. The highest BCUT2D eigenvalue weighted by atomic mass is 32.1. The average molecular weight is 330 g/mol. The number of benzene rings is 1. The lowest BCUT2D eigenvalue weighted by atomic mass is 10.2. The van der Waals surface area contributed by atoms with Gasteiger partial charge >= 0.3 is 5.97 Å². The minimum atomic E-state index is -0.448. The largest absolute Gasteiger partial charge is 0.492 e. The molecule has 0 aliphatic carbocycles. The number of carbonyl (C=O) groups excluding carboxylic acids is 1. The first-order chi connectivity index (χ1) is 11.2. The van der Waals surface area contributed by atoms with Gasteiger partial charge in [0, 0.05) is 11.6 Å². The van der Waals surface area contributed by atoms with Crippen molar-refractivity contribution >= 4 is 30.8 Å². The standard InChI is InChI=1S/C18H18O4S/c1-13-15(10-11-23)22-16(18(13)20-2)8-9-17(19)21-12-14-6-4-3-5-7-14/h3-11,23H,12H2,1-2H3/b9-8-,11-10-. The molecule has 0 unspecified atom stereocenters. The van der Waals surface area contributed by atoms with Gasteiger partial charge in [-0.2, -0.15) is 12.6 Å². The van der Waals surface area contributed by atoms with Gasteiger partial charge in [0.05, 0.1) is 7.11 Å². The summed E-state index contributed by atoms with van der Waals surface area (Å²) in [6, 6.07) is 9.49. The predicted octanol–water partition coefficient (Wildman–Crippen LogP) is 4.25. The number of thiol groups is 1. The maximum absolute atomic E-state index is 11.8. The van der Waals surface area contributed by atoms with Crippen molar-refractivity contribution in [2.45, 2.75) is 13.5 Å². The molecule has 1 aromatic carbocycles. The Hall–Kier alpha value is -2.40. The molecule has 2 rings (SSSR count). The van der Waals surface area contributed by atoms with E-state index < -0.39 is 5.97 Å². The molecule has 1 heterocycles. The number of hydrogen-bond donors (Lipinski definition) is 1. The van der Waals surface area contributed by atoms with Crippen molar-refractivity contribution in [3.8, 4) is 5.75 Å². The molecule has 0 saturated carbocycles. The molecule has 0 bridgehead atoms. The first-order valence-corrected chi connectivity index (χ1v) is 7.54. The lowest BCUT2D eigenvalue weighted by molar-refractivity contribution is -0.138. The topological polar surface area (TPSA) is 48.7 Å². The molecule has 0 spiro atoms. The Bertz CT molecular complexity index is 714. The van der Waals surface area contributed by atoms with Crippen LogP contribution in [0.15, 0.2) is 46.2 Å². The number of carbonyl (C=O) groups is 1. The van der Waals surface area contributed by atoms with Gasteiger partial charge in [-0.25, -0.2) is 4.79 Å². The molecule has 0 N–H and O–H groups in total. The second-order valence-electron chi connectivity index (χ2n) is 4.73. The molecule has 5 heteroatoms. The highest BCUT2D eigenvalue weighted by Crippen LogP contribution is 2.31. The van der Waals surface area contributed by atoms with Crippen molar-refractivity contribution in [1.29, 1.82) is 0 Å². The van der Waals surface area contributed by atoms with Crippen LogP contribution in [-0.2, 0) is 16.1 Å². The molecule has 2 aromatic rings. The number of furan rings is 1. The van der Waals surface area contributed by atoms with Crippen molar-refractivity contribution in [1.82, 2.24) is 0 Å². The summed E-state index contributed by atoms with van der Waals surface area (Å²) in [6.45, 7) is 2.10. The van der Waals surface area contributed by atoms with Gasteiger partial charge in [-0.3, -0.25) is 0 Å². The van der Waals surface area contributed by atoms with E-state index in [1.54, 1.807) is 18.6 Å². The second-order valence-corrected chi connectivity index (χ2v) is 5.03. The average Bonchev–Trinajstić information content (AvgIpc) is 2.87. The van der Waals surface area contributed by atoms with Gasteiger partial charge < -0.3 is 13.9 Å². The number of hydrogen-bond acceptors (Lipinski definition) is 5. The Morgan fingerprint density at radius 3 is 2.61 bits per heavy atom. The van der Waals surface area contributed by atoms with E-state index in [1.807, 2.05) is 37.3 Å². The van der Waals surface area contributed by atoms with E-state index in [0.717, 1.165) is 11.1 Å². The lowest BCUT2D eigenvalue weighted by Gasteiger charge is -2.01. The number of methoxy groups -OCH3 is 1. The Labute approximate surface area is 140 Å². The fraction of sp³-hybridized carbons (Fsp3) is 0.167. The number of esters is 1. The van der Waals surface area contributed by atoms with Gasteiger partial charge in [-0.05, 0) is 30.0 Å². The Balaban J connectivity index is 2.04. The monoisotopic (exact) mass is 330 g/mol. The fourth-order valence-corrected chi connectivity index (χ4v) is 2.18. The van der Waals surface area contributed by atoms with E-state index in [2.05, 4.69) is 12.6 Å². The van der Waals surface area contributed by atoms with Crippen molar-refractivity contribution in [3.63, 3.8) is 0 Å². The van der Waals surface area contributed by atoms with E-state index in [1.165, 1.54) is 12.2 Å². The van der Waals surface area contributed by atoms with Crippen molar-refractivity contribution in [3.05, 3.63) is 64.5 Å². The van der Waals surface area contributed by atoms with Crippen LogP contribution in [0.2, 0.25) is 0 Å². The molecule has 0 aliphatic rings. The Kier molecular flexibility index (Phi) is 6.11. The number of rotatable bonds is 6. The first kappa shape index (κ1) is 17.0. The van der Waals surface area contributed by atoms with E-state index in [0.29, 0.717) is 17.3 Å². The third-order valence-corrected chi connectivity index (χ3v) is 3.33.